The maximum atomic E-state index is 9.75. The maximum Gasteiger partial charge on any atom is 0.261 e. The van der Waals surface area contributed by atoms with Crippen LogP contribution in [0.3, 0.4) is 0 Å². The smallest absolute Gasteiger partial charge is 0.261 e. The molecule has 0 unspecified atom stereocenters. The first-order valence-electron chi connectivity index (χ1n) is 5.01. The van der Waals surface area contributed by atoms with Gasteiger partial charge in [-0.15, -0.1) is 0 Å². The van der Waals surface area contributed by atoms with E-state index in [0.717, 1.165) is 4.47 Å². The lowest BCUT2D eigenvalue weighted by Gasteiger charge is -1.98. The third-order valence-corrected chi connectivity index (χ3v) is 2.68. The molecule has 2 aromatic rings. The highest BCUT2D eigenvalue weighted by Gasteiger charge is 2.12. The summed E-state index contributed by atoms with van der Waals surface area (Å²) < 4.78 is 10.8. The fourth-order valence-corrected chi connectivity index (χ4v) is 1.69. The number of phenolic OH excluding ortho intramolecular Hbond substituents is 1. The summed E-state index contributed by atoms with van der Waals surface area (Å²) in [5.74, 6) is 0.964. The van der Waals surface area contributed by atoms with E-state index in [2.05, 4.69) is 26.1 Å². The number of halogens is 1. The molecule has 0 aliphatic carbocycles. The molecule has 90 valence electrons. The zero-order valence-electron chi connectivity index (χ0n) is 9.18. The summed E-state index contributed by atoms with van der Waals surface area (Å²) in [6, 6.07) is 5.09. The molecule has 0 radical (unpaired) electrons. The highest BCUT2D eigenvalue weighted by atomic mass is 79.9. The van der Waals surface area contributed by atoms with Gasteiger partial charge in [-0.3, -0.25) is 0 Å². The highest BCUT2D eigenvalue weighted by molar-refractivity contribution is 9.10. The summed E-state index contributed by atoms with van der Waals surface area (Å²) >= 11 is 3.27. The zero-order chi connectivity index (χ0) is 12.3. The van der Waals surface area contributed by atoms with Crippen LogP contribution in [0.15, 0.2) is 27.2 Å². The molecule has 0 amide bonds. The van der Waals surface area contributed by atoms with Crippen molar-refractivity contribution in [2.45, 2.75) is 6.42 Å². The fourth-order valence-electron chi connectivity index (χ4n) is 1.34. The number of methoxy groups -OCH3 is 1. The molecule has 1 aromatic heterocycles. The minimum absolute atomic E-state index is 0.0984. The Hall–Kier alpha value is -1.40. The second-order valence-electron chi connectivity index (χ2n) is 3.42. The number of hydrogen-bond acceptors (Lipinski definition) is 5. The molecule has 17 heavy (non-hydrogen) atoms. The van der Waals surface area contributed by atoms with E-state index in [1.54, 1.807) is 25.3 Å². The van der Waals surface area contributed by atoms with Gasteiger partial charge < -0.3 is 14.4 Å². The van der Waals surface area contributed by atoms with Crippen LogP contribution in [0.4, 0.5) is 0 Å². The molecule has 0 fully saturated rings. The third kappa shape index (κ3) is 2.83. The van der Waals surface area contributed by atoms with Gasteiger partial charge in [0.05, 0.1) is 12.2 Å². The summed E-state index contributed by atoms with van der Waals surface area (Å²) in [7, 11) is 1.61. The van der Waals surface area contributed by atoms with Crippen molar-refractivity contribution in [1.29, 1.82) is 0 Å². The van der Waals surface area contributed by atoms with E-state index in [1.165, 1.54) is 0 Å². The van der Waals surface area contributed by atoms with Crippen molar-refractivity contribution < 1.29 is 14.4 Å². The quantitative estimate of drug-likeness (QED) is 0.939. The van der Waals surface area contributed by atoms with E-state index >= 15 is 0 Å². The summed E-state index contributed by atoms with van der Waals surface area (Å²) in [6.45, 7) is 0.533. The number of nitrogens with zero attached hydrogens (tertiary/aromatic N) is 2. The Balaban J connectivity index is 2.24. The van der Waals surface area contributed by atoms with Gasteiger partial charge in [-0.25, -0.2) is 0 Å². The number of hydrogen-bond donors (Lipinski definition) is 1. The first-order chi connectivity index (χ1) is 8.20. The number of benzene rings is 1. The molecule has 2 rings (SSSR count). The standard InChI is InChI=1S/C11H11BrN2O3/c1-16-5-4-10-13-11(17-14-10)8-3-2-7(12)6-9(8)15/h2-3,6,15H,4-5H2,1H3. The average Bonchev–Trinajstić information content (AvgIpc) is 2.75. The van der Waals surface area contributed by atoms with Crippen molar-refractivity contribution in [3.05, 3.63) is 28.5 Å². The normalized spacial score (nSPS) is 10.7. The van der Waals surface area contributed by atoms with Gasteiger partial charge in [0.25, 0.3) is 5.89 Å². The molecule has 0 saturated carbocycles. The zero-order valence-corrected chi connectivity index (χ0v) is 10.8. The van der Waals surface area contributed by atoms with Gasteiger partial charge in [0, 0.05) is 18.0 Å². The Bertz CT molecular complexity index is 513. The lowest BCUT2D eigenvalue weighted by Crippen LogP contribution is -1.96. The van der Waals surface area contributed by atoms with Gasteiger partial charge in [-0.1, -0.05) is 21.1 Å². The highest BCUT2D eigenvalue weighted by Crippen LogP contribution is 2.30. The van der Waals surface area contributed by atoms with Gasteiger partial charge in [-0.2, -0.15) is 4.98 Å². The Morgan fingerprint density at radius 1 is 1.47 bits per heavy atom. The predicted octanol–water partition coefficient (Wildman–Crippen LogP) is 2.39. The summed E-state index contributed by atoms with van der Waals surface area (Å²) in [5, 5.41) is 13.6. The van der Waals surface area contributed by atoms with Crippen molar-refractivity contribution in [3.63, 3.8) is 0 Å². The van der Waals surface area contributed by atoms with E-state index < -0.39 is 0 Å². The van der Waals surface area contributed by atoms with Gasteiger partial charge in [0.2, 0.25) is 0 Å². The first kappa shape index (κ1) is 12.1. The number of aromatic nitrogens is 2. The van der Waals surface area contributed by atoms with Crippen molar-refractivity contribution in [2.75, 3.05) is 13.7 Å². The topological polar surface area (TPSA) is 68.4 Å². The maximum absolute atomic E-state index is 9.75. The van der Waals surface area contributed by atoms with Gasteiger partial charge >= 0.3 is 0 Å². The molecule has 1 aromatic carbocycles. The molecule has 0 bridgehead atoms. The number of rotatable bonds is 4. The Labute approximate surface area is 107 Å². The summed E-state index contributed by atoms with van der Waals surface area (Å²) in [4.78, 5) is 4.18. The predicted molar refractivity (Wildman–Crippen MR) is 64.7 cm³/mol. The van der Waals surface area contributed by atoms with E-state index in [0.29, 0.717) is 30.3 Å². The lowest BCUT2D eigenvalue weighted by molar-refractivity contribution is 0.199. The van der Waals surface area contributed by atoms with E-state index in [4.69, 9.17) is 9.26 Å². The minimum atomic E-state index is 0.0984. The van der Waals surface area contributed by atoms with E-state index in [-0.39, 0.29) is 5.75 Å². The summed E-state index contributed by atoms with van der Waals surface area (Å²) in [6.07, 6.45) is 0.581. The van der Waals surface area contributed by atoms with Crippen LogP contribution in [0.5, 0.6) is 5.75 Å². The molecule has 0 aliphatic rings. The molecule has 0 atom stereocenters. The molecule has 6 heteroatoms. The van der Waals surface area contributed by atoms with Crippen LogP contribution in [0, 0.1) is 0 Å². The Kier molecular flexibility index (Phi) is 3.75. The minimum Gasteiger partial charge on any atom is -0.507 e. The molecular formula is C11H11BrN2O3. The second kappa shape index (κ2) is 5.29. The SMILES string of the molecule is COCCc1noc(-c2ccc(Br)cc2O)n1. The second-order valence-corrected chi connectivity index (χ2v) is 4.34. The molecule has 1 N–H and O–H groups in total. The van der Waals surface area contributed by atoms with Crippen LogP contribution in [-0.4, -0.2) is 29.0 Å². The molecule has 0 spiro atoms. The molecule has 1 heterocycles. The fraction of sp³-hybridized carbons (Fsp3) is 0.273. The van der Waals surface area contributed by atoms with Crippen molar-refractivity contribution in [1.82, 2.24) is 10.1 Å². The van der Waals surface area contributed by atoms with Crippen molar-refractivity contribution >= 4 is 15.9 Å². The van der Waals surface area contributed by atoms with Crippen molar-refractivity contribution in [2.24, 2.45) is 0 Å². The van der Waals surface area contributed by atoms with Crippen LogP contribution in [0.25, 0.3) is 11.5 Å². The molecule has 0 aliphatic heterocycles. The van der Waals surface area contributed by atoms with E-state index in [9.17, 15) is 5.11 Å². The summed E-state index contributed by atoms with van der Waals surface area (Å²) in [5.41, 5.74) is 0.518. The van der Waals surface area contributed by atoms with Crippen molar-refractivity contribution in [3.8, 4) is 17.2 Å². The number of ether oxygens (including phenoxy) is 1. The Morgan fingerprint density at radius 3 is 3.00 bits per heavy atom. The van der Waals surface area contributed by atoms with Crippen LogP contribution < -0.4 is 0 Å². The van der Waals surface area contributed by atoms with E-state index in [1.807, 2.05) is 0 Å². The first-order valence-corrected chi connectivity index (χ1v) is 5.80. The number of phenols is 1. The molecule has 0 saturated heterocycles. The van der Waals surface area contributed by atoms with Crippen LogP contribution >= 0.6 is 15.9 Å². The van der Waals surface area contributed by atoms with Gasteiger partial charge in [0.1, 0.15) is 5.75 Å². The van der Waals surface area contributed by atoms with Crippen LogP contribution in [-0.2, 0) is 11.2 Å². The largest absolute Gasteiger partial charge is 0.507 e. The monoisotopic (exact) mass is 298 g/mol. The number of aromatic hydroxyl groups is 1. The van der Waals surface area contributed by atoms with Crippen LogP contribution in [0.2, 0.25) is 0 Å². The van der Waals surface area contributed by atoms with Crippen LogP contribution in [0.1, 0.15) is 5.82 Å². The van der Waals surface area contributed by atoms with Gasteiger partial charge in [0.15, 0.2) is 5.82 Å². The van der Waals surface area contributed by atoms with Gasteiger partial charge in [-0.05, 0) is 18.2 Å². The molecule has 5 nitrogen and oxygen atoms in total. The molecular weight excluding hydrogens is 288 g/mol. The average molecular weight is 299 g/mol. The Morgan fingerprint density at radius 2 is 2.29 bits per heavy atom. The third-order valence-electron chi connectivity index (χ3n) is 2.19. The lowest BCUT2D eigenvalue weighted by atomic mass is 10.2.